The molecule has 2 atom stereocenters. The van der Waals surface area contributed by atoms with E-state index < -0.39 is 16.9 Å². The normalized spacial score (nSPS) is 33.6. The number of benzene rings is 1. The lowest BCUT2D eigenvalue weighted by Gasteiger charge is -2.59. The van der Waals surface area contributed by atoms with E-state index in [0.29, 0.717) is 23.6 Å². The van der Waals surface area contributed by atoms with Gasteiger partial charge in [0, 0.05) is 37.9 Å². The second-order valence-electron chi connectivity index (χ2n) is 11.3. The number of anilines is 1. The van der Waals surface area contributed by atoms with Crippen molar-refractivity contribution in [3.05, 3.63) is 30.1 Å². The Morgan fingerprint density at radius 2 is 1.76 bits per heavy atom. The molecule has 6 rings (SSSR count). The van der Waals surface area contributed by atoms with Gasteiger partial charge in [-0.25, -0.2) is 4.39 Å². The maximum Gasteiger partial charge on any atom is 0.309 e. The number of aliphatic imine (C=N–C) groups is 1. The third-order valence-electron chi connectivity index (χ3n) is 9.03. The van der Waals surface area contributed by atoms with Crippen molar-refractivity contribution in [2.24, 2.45) is 28.2 Å². The van der Waals surface area contributed by atoms with Crippen molar-refractivity contribution in [1.82, 2.24) is 10.2 Å². The highest BCUT2D eigenvalue weighted by molar-refractivity contribution is 5.92. The molecule has 0 radical (unpaired) electrons. The van der Waals surface area contributed by atoms with Crippen LogP contribution in [0.15, 0.2) is 29.3 Å². The molecule has 182 valence electrons. The third-order valence-corrected chi connectivity index (χ3v) is 9.03. The molecule has 2 N–H and O–H groups in total. The quantitative estimate of drug-likeness (QED) is 0.391. The fourth-order valence-electron chi connectivity index (χ4n) is 7.40. The van der Waals surface area contributed by atoms with Gasteiger partial charge >= 0.3 is 5.97 Å². The van der Waals surface area contributed by atoms with Crippen molar-refractivity contribution in [1.29, 1.82) is 5.26 Å². The Balaban J connectivity index is 1.28. The molecule has 7 nitrogen and oxygen atoms in total. The molecule has 0 spiro atoms. The van der Waals surface area contributed by atoms with Gasteiger partial charge in [-0.3, -0.25) is 9.69 Å². The number of aliphatic carboxylic acids is 1. The number of rotatable bonds is 5. The summed E-state index contributed by atoms with van der Waals surface area (Å²) in [6, 6.07) is 6.79. The highest BCUT2D eigenvalue weighted by Crippen LogP contribution is 2.60. The Hall–Kier alpha value is -2.66. The first kappa shape index (κ1) is 23.1. The van der Waals surface area contributed by atoms with Gasteiger partial charge in [0.05, 0.1) is 11.0 Å². The summed E-state index contributed by atoms with van der Waals surface area (Å²) in [6.45, 7) is 7.45. The zero-order valence-electron chi connectivity index (χ0n) is 20.0. The summed E-state index contributed by atoms with van der Waals surface area (Å²) in [5, 5.41) is 23.1. The Kier molecular flexibility index (Phi) is 5.79. The predicted molar refractivity (Wildman–Crippen MR) is 128 cm³/mol. The molecule has 5 aliphatic rings. The summed E-state index contributed by atoms with van der Waals surface area (Å²) in [5.74, 6) is 0.971. The van der Waals surface area contributed by atoms with E-state index in [4.69, 9.17) is 0 Å². The van der Waals surface area contributed by atoms with Crippen LogP contribution in [0.3, 0.4) is 0 Å². The van der Waals surface area contributed by atoms with E-state index in [-0.39, 0.29) is 11.9 Å². The molecule has 5 fully saturated rings. The van der Waals surface area contributed by atoms with E-state index in [1.807, 2.05) is 18.3 Å². The average molecular weight is 468 g/mol. The topological polar surface area (TPSA) is 92.0 Å². The molecular formula is C26H34FN5O2. The summed E-state index contributed by atoms with van der Waals surface area (Å²) >= 11 is 0. The molecular weight excluding hydrogens is 433 g/mol. The molecule has 34 heavy (non-hydrogen) atoms. The van der Waals surface area contributed by atoms with E-state index in [1.165, 1.54) is 12.1 Å². The number of carboxylic acid groups (broad SMARTS) is 1. The summed E-state index contributed by atoms with van der Waals surface area (Å²) in [5.41, 5.74) is 0.0147. The van der Waals surface area contributed by atoms with Crippen molar-refractivity contribution < 1.29 is 14.3 Å². The van der Waals surface area contributed by atoms with Gasteiger partial charge in [0.15, 0.2) is 0 Å². The van der Waals surface area contributed by atoms with Crippen molar-refractivity contribution in [3.63, 3.8) is 0 Å². The van der Waals surface area contributed by atoms with Crippen molar-refractivity contribution >= 4 is 17.5 Å². The third kappa shape index (κ3) is 3.94. The fraction of sp³-hybridized carbons (Fsp3) is 0.654. The van der Waals surface area contributed by atoms with E-state index in [2.05, 4.69) is 34.0 Å². The number of carboxylic acids is 1. The van der Waals surface area contributed by atoms with Gasteiger partial charge in [-0.2, -0.15) is 10.3 Å². The average Bonchev–Trinajstić information content (AvgIpc) is 2.81. The van der Waals surface area contributed by atoms with Crippen LogP contribution in [0.5, 0.6) is 0 Å². The number of carbonyl (C=O) groups is 1. The first-order chi connectivity index (χ1) is 16.2. The lowest BCUT2D eigenvalue weighted by Crippen LogP contribution is -2.66. The number of nitrogens with one attached hydrogen (secondary N) is 1. The summed E-state index contributed by atoms with van der Waals surface area (Å²) in [4.78, 5) is 20.9. The Labute approximate surface area is 200 Å². The molecule has 1 aromatic carbocycles. The SMILES string of the molecule is CC(C)(/C(=N\C#N)NC1C2CC3CC1CC(C(=O)O)(C3)C2)N1CCN(c2ccc(F)cc2)CC1. The predicted octanol–water partition coefficient (Wildman–Crippen LogP) is 3.47. The minimum absolute atomic E-state index is 0.177. The number of piperazine rings is 1. The summed E-state index contributed by atoms with van der Waals surface area (Å²) in [7, 11) is 0. The second kappa shape index (κ2) is 8.53. The summed E-state index contributed by atoms with van der Waals surface area (Å²) in [6.07, 6.45) is 6.42. The Morgan fingerprint density at radius 3 is 2.32 bits per heavy atom. The maximum atomic E-state index is 13.3. The van der Waals surface area contributed by atoms with Crippen LogP contribution >= 0.6 is 0 Å². The number of halogens is 1. The summed E-state index contributed by atoms with van der Waals surface area (Å²) < 4.78 is 13.3. The standard InChI is InChI=1S/C26H34FN5O2/c1-25(2,32-9-7-31(8-10-32)21-5-3-20(27)4-6-21)23(29-16-28)30-22-18-11-17-12-19(22)15-26(13-17,14-18)24(33)34/h3-6,17-19,22H,7-15H2,1-2H3,(H,29,30)(H,33,34). The molecule has 1 heterocycles. The van der Waals surface area contributed by atoms with E-state index in [9.17, 15) is 19.6 Å². The fourth-order valence-corrected chi connectivity index (χ4v) is 7.40. The molecule has 1 saturated heterocycles. The number of hydrogen-bond donors (Lipinski definition) is 2. The van der Waals surface area contributed by atoms with Gasteiger partial charge in [0.25, 0.3) is 0 Å². The molecule has 1 aliphatic heterocycles. The van der Waals surface area contributed by atoms with Gasteiger partial charge in [0.1, 0.15) is 11.7 Å². The van der Waals surface area contributed by atoms with Crippen LogP contribution < -0.4 is 10.2 Å². The molecule has 8 heteroatoms. The van der Waals surface area contributed by atoms with Crippen molar-refractivity contribution in [3.8, 4) is 6.19 Å². The second-order valence-corrected chi connectivity index (χ2v) is 11.3. The number of hydrogen-bond acceptors (Lipinski definition) is 5. The maximum absolute atomic E-state index is 13.3. The van der Waals surface area contributed by atoms with Crippen LogP contribution in [-0.4, -0.2) is 59.6 Å². The molecule has 2 unspecified atom stereocenters. The van der Waals surface area contributed by atoms with Gasteiger partial charge in [0.2, 0.25) is 6.19 Å². The highest BCUT2D eigenvalue weighted by Gasteiger charge is 2.59. The van der Waals surface area contributed by atoms with Gasteiger partial charge in [-0.1, -0.05) is 0 Å². The zero-order chi connectivity index (χ0) is 24.1. The molecule has 4 saturated carbocycles. The first-order valence-electron chi connectivity index (χ1n) is 12.4. The van der Waals surface area contributed by atoms with Gasteiger partial charge in [-0.15, -0.1) is 0 Å². The largest absolute Gasteiger partial charge is 0.481 e. The molecule has 0 aromatic heterocycles. The minimum Gasteiger partial charge on any atom is -0.481 e. The van der Waals surface area contributed by atoms with Crippen molar-refractivity contribution in [2.45, 2.75) is 57.5 Å². The smallest absolute Gasteiger partial charge is 0.309 e. The van der Waals surface area contributed by atoms with Crippen LogP contribution in [0.4, 0.5) is 10.1 Å². The minimum atomic E-state index is -0.629. The van der Waals surface area contributed by atoms with E-state index in [1.54, 1.807) is 0 Å². The first-order valence-corrected chi connectivity index (χ1v) is 12.4. The zero-order valence-corrected chi connectivity index (χ0v) is 20.0. The van der Waals surface area contributed by atoms with Crippen LogP contribution in [-0.2, 0) is 4.79 Å². The molecule has 0 amide bonds. The lowest BCUT2D eigenvalue weighted by molar-refractivity contribution is -0.166. The van der Waals surface area contributed by atoms with Crippen LogP contribution in [0.2, 0.25) is 0 Å². The van der Waals surface area contributed by atoms with E-state index >= 15 is 0 Å². The number of nitrogens with zero attached hydrogens (tertiary/aromatic N) is 4. The number of nitriles is 1. The molecule has 1 aromatic rings. The van der Waals surface area contributed by atoms with Crippen LogP contribution in [0, 0.1) is 40.4 Å². The van der Waals surface area contributed by atoms with Crippen LogP contribution in [0.25, 0.3) is 0 Å². The Morgan fingerprint density at radius 1 is 1.15 bits per heavy atom. The number of amidine groups is 1. The van der Waals surface area contributed by atoms with Crippen LogP contribution in [0.1, 0.15) is 46.0 Å². The van der Waals surface area contributed by atoms with Crippen molar-refractivity contribution in [2.75, 3.05) is 31.1 Å². The molecule has 4 bridgehead atoms. The molecule has 4 aliphatic carbocycles. The Bertz CT molecular complexity index is 993. The van der Waals surface area contributed by atoms with Gasteiger partial charge < -0.3 is 15.3 Å². The lowest BCUT2D eigenvalue weighted by atomic mass is 9.48. The van der Waals surface area contributed by atoms with E-state index in [0.717, 1.165) is 64.0 Å². The monoisotopic (exact) mass is 467 g/mol. The highest BCUT2D eigenvalue weighted by atomic mass is 19.1. The van der Waals surface area contributed by atoms with Gasteiger partial charge in [-0.05, 0) is 88.0 Å².